The highest BCUT2D eigenvalue weighted by atomic mass is 32.2. The lowest BCUT2D eigenvalue weighted by Gasteiger charge is -2.20. The molecule has 0 radical (unpaired) electrons. The third kappa shape index (κ3) is 4.01. The highest BCUT2D eigenvalue weighted by Gasteiger charge is 2.27. The highest BCUT2D eigenvalue weighted by molar-refractivity contribution is 7.89. The van der Waals surface area contributed by atoms with Crippen molar-refractivity contribution in [2.24, 2.45) is 0 Å². The van der Waals surface area contributed by atoms with E-state index in [1.165, 1.54) is 31.2 Å². The third-order valence-electron chi connectivity index (χ3n) is 3.34. The topological polar surface area (TPSA) is 66.5 Å². The molecule has 22 heavy (non-hydrogen) atoms. The second-order valence-corrected chi connectivity index (χ2v) is 7.06. The van der Waals surface area contributed by atoms with Crippen LogP contribution in [0.15, 0.2) is 29.2 Å². The number of carbonyl (C=O) groups excluding carboxylic acids is 1. The van der Waals surface area contributed by atoms with Gasteiger partial charge in [-0.2, -0.15) is 4.31 Å². The SMILES string of the molecule is CCN(CC(F)F)S(=O)(=O)c1cccc(C(=O)NC2CC2)c1. The fourth-order valence-corrected chi connectivity index (χ4v) is 3.47. The number of nitrogens with one attached hydrogen (secondary N) is 1. The molecular formula is C14H18F2N2O3S. The molecule has 1 N–H and O–H groups in total. The van der Waals surface area contributed by atoms with Crippen LogP contribution >= 0.6 is 0 Å². The van der Waals surface area contributed by atoms with Crippen LogP contribution < -0.4 is 5.32 Å². The molecule has 2 rings (SSSR count). The summed E-state index contributed by atoms with van der Waals surface area (Å²) in [6, 6.07) is 5.61. The fourth-order valence-electron chi connectivity index (χ4n) is 1.99. The standard InChI is InChI=1S/C14H18F2N2O3S/c1-2-18(9-13(15)16)22(20,21)12-5-3-4-10(8-12)14(19)17-11-6-7-11/h3-5,8,11,13H,2,6-7,9H2,1H3,(H,17,19). The van der Waals surface area contributed by atoms with Crippen LogP contribution in [0.1, 0.15) is 30.1 Å². The first-order valence-electron chi connectivity index (χ1n) is 7.03. The van der Waals surface area contributed by atoms with Crippen molar-refractivity contribution in [3.05, 3.63) is 29.8 Å². The van der Waals surface area contributed by atoms with Crippen molar-refractivity contribution in [3.8, 4) is 0 Å². The molecule has 0 saturated heterocycles. The largest absolute Gasteiger partial charge is 0.349 e. The van der Waals surface area contributed by atoms with Crippen molar-refractivity contribution in [1.29, 1.82) is 0 Å². The molecule has 0 aromatic heterocycles. The minimum absolute atomic E-state index is 0.0643. The van der Waals surface area contributed by atoms with Crippen molar-refractivity contribution < 1.29 is 22.0 Å². The molecule has 0 spiro atoms. The number of carbonyl (C=O) groups is 1. The fraction of sp³-hybridized carbons (Fsp3) is 0.500. The van der Waals surface area contributed by atoms with E-state index in [9.17, 15) is 22.0 Å². The molecule has 1 amide bonds. The summed E-state index contributed by atoms with van der Waals surface area (Å²) in [5.41, 5.74) is 0.209. The van der Waals surface area contributed by atoms with Gasteiger partial charge in [0.25, 0.3) is 12.3 Å². The first-order chi connectivity index (χ1) is 10.3. The number of rotatable bonds is 7. The molecule has 0 atom stereocenters. The molecule has 0 heterocycles. The normalized spacial score (nSPS) is 15.3. The average molecular weight is 332 g/mol. The summed E-state index contributed by atoms with van der Waals surface area (Å²) >= 11 is 0. The Hall–Kier alpha value is -1.54. The zero-order chi connectivity index (χ0) is 16.3. The molecule has 1 aliphatic rings. The van der Waals surface area contributed by atoms with Gasteiger partial charge in [0.1, 0.15) is 0 Å². The van der Waals surface area contributed by atoms with E-state index >= 15 is 0 Å². The first-order valence-corrected chi connectivity index (χ1v) is 8.48. The lowest BCUT2D eigenvalue weighted by atomic mass is 10.2. The van der Waals surface area contributed by atoms with Crippen molar-refractivity contribution >= 4 is 15.9 Å². The quantitative estimate of drug-likeness (QED) is 0.829. The Kier molecular flexibility index (Phi) is 5.12. The van der Waals surface area contributed by atoms with Gasteiger partial charge in [-0.3, -0.25) is 4.79 Å². The Labute approximate surface area is 128 Å². The number of hydrogen-bond acceptors (Lipinski definition) is 3. The maximum Gasteiger partial charge on any atom is 0.252 e. The highest BCUT2D eigenvalue weighted by Crippen LogP contribution is 2.21. The molecule has 0 aliphatic heterocycles. The van der Waals surface area contributed by atoms with Gasteiger partial charge in [0, 0.05) is 18.2 Å². The second-order valence-electron chi connectivity index (χ2n) is 5.12. The zero-order valence-corrected chi connectivity index (χ0v) is 12.9. The Bertz CT molecular complexity index is 645. The maximum absolute atomic E-state index is 12.5. The van der Waals surface area contributed by atoms with Crippen LogP contribution in [0.5, 0.6) is 0 Å². The van der Waals surface area contributed by atoms with Crippen LogP contribution in [0.3, 0.4) is 0 Å². The minimum atomic E-state index is -4.04. The van der Waals surface area contributed by atoms with Gasteiger partial charge in [0.05, 0.1) is 11.4 Å². The number of amides is 1. The predicted octanol–water partition coefficient (Wildman–Crippen LogP) is 1.85. The van der Waals surface area contributed by atoms with Gasteiger partial charge in [0.15, 0.2) is 0 Å². The van der Waals surface area contributed by atoms with Gasteiger partial charge in [-0.25, -0.2) is 17.2 Å². The van der Waals surface area contributed by atoms with Crippen LogP contribution in [0.4, 0.5) is 8.78 Å². The minimum Gasteiger partial charge on any atom is -0.349 e. The molecule has 0 bridgehead atoms. The molecule has 8 heteroatoms. The smallest absolute Gasteiger partial charge is 0.252 e. The number of halogens is 2. The molecular weight excluding hydrogens is 314 g/mol. The lowest BCUT2D eigenvalue weighted by Crippen LogP contribution is -2.35. The van der Waals surface area contributed by atoms with E-state index < -0.39 is 23.0 Å². The van der Waals surface area contributed by atoms with E-state index in [4.69, 9.17) is 0 Å². The van der Waals surface area contributed by atoms with E-state index in [0.29, 0.717) is 4.31 Å². The van der Waals surface area contributed by atoms with Crippen molar-refractivity contribution in [2.75, 3.05) is 13.1 Å². The van der Waals surface area contributed by atoms with Gasteiger partial charge in [-0.15, -0.1) is 0 Å². The van der Waals surface area contributed by atoms with Crippen LogP contribution in [0, 0.1) is 0 Å². The van der Waals surface area contributed by atoms with Gasteiger partial charge in [-0.05, 0) is 31.0 Å². The number of nitrogens with zero attached hydrogens (tertiary/aromatic N) is 1. The number of hydrogen-bond donors (Lipinski definition) is 1. The van der Waals surface area contributed by atoms with Crippen molar-refractivity contribution in [2.45, 2.75) is 37.1 Å². The van der Waals surface area contributed by atoms with E-state index in [1.807, 2.05) is 0 Å². The third-order valence-corrected chi connectivity index (χ3v) is 5.28. The van der Waals surface area contributed by atoms with Crippen LogP contribution in [0.25, 0.3) is 0 Å². The van der Waals surface area contributed by atoms with Crippen LogP contribution in [0.2, 0.25) is 0 Å². The summed E-state index contributed by atoms with van der Waals surface area (Å²) in [4.78, 5) is 11.8. The van der Waals surface area contributed by atoms with E-state index in [-0.39, 0.29) is 29.0 Å². The molecule has 5 nitrogen and oxygen atoms in total. The molecule has 0 unspecified atom stereocenters. The Morgan fingerprint density at radius 3 is 2.64 bits per heavy atom. The summed E-state index contributed by atoms with van der Waals surface area (Å²) in [5, 5.41) is 2.76. The van der Waals surface area contributed by atoms with Crippen molar-refractivity contribution in [3.63, 3.8) is 0 Å². The predicted molar refractivity (Wildman–Crippen MR) is 77.4 cm³/mol. The van der Waals surface area contributed by atoms with Gasteiger partial charge < -0.3 is 5.32 Å². The van der Waals surface area contributed by atoms with Crippen molar-refractivity contribution in [1.82, 2.24) is 9.62 Å². The summed E-state index contributed by atoms with van der Waals surface area (Å²) in [6.07, 6.45) is -0.917. The Morgan fingerprint density at radius 2 is 2.09 bits per heavy atom. The maximum atomic E-state index is 12.5. The average Bonchev–Trinajstić information content (AvgIpc) is 3.28. The van der Waals surface area contributed by atoms with Crippen LogP contribution in [-0.2, 0) is 10.0 Å². The molecule has 122 valence electrons. The summed E-state index contributed by atoms with van der Waals surface area (Å²) in [7, 11) is -4.04. The van der Waals surface area contributed by atoms with Crippen LogP contribution in [-0.4, -0.2) is 44.2 Å². The Balaban J connectivity index is 2.24. The van der Waals surface area contributed by atoms with E-state index in [1.54, 1.807) is 0 Å². The molecule has 1 aromatic rings. The number of benzene rings is 1. The summed E-state index contributed by atoms with van der Waals surface area (Å²) in [6.45, 7) is 0.562. The molecule has 1 fully saturated rings. The number of alkyl halides is 2. The molecule has 1 saturated carbocycles. The summed E-state index contributed by atoms with van der Waals surface area (Å²) in [5.74, 6) is -0.351. The Morgan fingerprint density at radius 1 is 1.41 bits per heavy atom. The number of sulfonamides is 1. The van der Waals surface area contributed by atoms with E-state index in [0.717, 1.165) is 12.8 Å². The van der Waals surface area contributed by atoms with E-state index in [2.05, 4.69) is 5.32 Å². The lowest BCUT2D eigenvalue weighted by molar-refractivity contribution is 0.0950. The van der Waals surface area contributed by atoms with Gasteiger partial charge in [-0.1, -0.05) is 13.0 Å². The first kappa shape index (κ1) is 16.8. The second kappa shape index (κ2) is 6.70. The zero-order valence-electron chi connectivity index (χ0n) is 12.1. The monoisotopic (exact) mass is 332 g/mol. The summed E-state index contributed by atoms with van der Waals surface area (Å²) < 4.78 is 50.5. The van der Waals surface area contributed by atoms with Gasteiger partial charge in [0.2, 0.25) is 10.0 Å². The molecule has 1 aromatic carbocycles. The van der Waals surface area contributed by atoms with Gasteiger partial charge >= 0.3 is 0 Å². The molecule has 1 aliphatic carbocycles.